The second-order valence-electron chi connectivity index (χ2n) is 6.73. The van der Waals surface area contributed by atoms with Crippen LogP contribution in [0.1, 0.15) is 89.1 Å². The monoisotopic (exact) mass is 273 g/mol. The Hall–Kier alpha value is -0.850. The molecule has 2 rings (SSSR count). The van der Waals surface area contributed by atoms with Crippen molar-refractivity contribution >= 4 is 0 Å². The largest absolute Gasteiger partial charge is 0.257 e. The molecule has 1 atom stereocenters. The van der Waals surface area contributed by atoms with Crippen LogP contribution in [0.15, 0.2) is 12.1 Å². The van der Waals surface area contributed by atoms with E-state index in [4.69, 9.17) is 4.98 Å². The molecular formula is C19H31N. The zero-order valence-electron chi connectivity index (χ0n) is 13.7. The third kappa shape index (κ3) is 3.62. The van der Waals surface area contributed by atoms with E-state index in [1.807, 2.05) is 0 Å². The van der Waals surface area contributed by atoms with Gasteiger partial charge in [0.05, 0.1) is 0 Å². The standard InChI is InChI=1S/C19H31N/c1-4-15-19(3,5-2)18-14-13-16-11-9-7-6-8-10-12-17(16)20-18/h13-14H,4-12,15H2,1-3H3. The number of aromatic nitrogens is 1. The van der Waals surface area contributed by atoms with Gasteiger partial charge in [0.2, 0.25) is 0 Å². The zero-order valence-corrected chi connectivity index (χ0v) is 13.7. The smallest absolute Gasteiger partial charge is 0.0466 e. The van der Waals surface area contributed by atoms with E-state index < -0.39 is 0 Å². The fourth-order valence-electron chi connectivity index (χ4n) is 3.49. The second kappa shape index (κ2) is 7.24. The highest BCUT2D eigenvalue weighted by Gasteiger charge is 2.25. The topological polar surface area (TPSA) is 12.9 Å². The van der Waals surface area contributed by atoms with E-state index in [-0.39, 0.29) is 5.41 Å². The van der Waals surface area contributed by atoms with Gasteiger partial charge in [0.15, 0.2) is 0 Å². The minimum atomic E-state index is 0.266. The zero-order chi connectivity index (χ0) is 14.4. The minimum absolute atomic E-state index is 0.266. The molecule has 0 bridgehead atoms. The van der Waals surface area contributed by atoms with Crippen molar-refractivity contribution in [3.63, 3.8) is 0 Å². The lowest BCUT2D eigenvalue weighted by molar-refractivity contribution is 0.401. The molecule has 0 N–H and O–H groups in total. The molecule has 0 radical (unpaired) electrons. The first-order valence-corrected chi connectivity index (χ1v) is 8.69. The van der Waals surface area contributed by atoms with Gasteiger partial charge in [0.1, 0.15) is 0 Å². The third-order valence-corrected chi connectivity index (χ3v) is 5.13. The molecule has 0 aromatic carbocycles. The number of pyridine rings is 1. The van der Waals surface area contributed by atoms with E-state index in [2.05, 4.69) is 32.9 Å². The highest BCUT2D eigenvalue weighted by atomic mass is 14.7. The van der Waals surface area contributed by atoms with Gasteiger partial charge in [-0.15, -0.1) is 0 Å². The lowest BCUT2D eigenvalue weighted by atomic mass is 9.79. The maximum Gasteiger partial charge on any atom is 0.0466 e. The van der Waals surface area contributed by atoms with Crippen LogP contribution < -0.4 is 0 Å². The van der Waals surface area contributed by atoms with Gasteiger partial charge in [0, 0.05) is 16.8 Å². The van der Waals surface area contributed by atoms with E-state index in [9.17, 15) is 0 Å². The minimum Gasteiger partial charge on any atom is -0.257 e. The van der Waals surface area contributed by atoms with Gasteiger partial charge in [-0.25, -0.2) is 0 Å². The average Bonchev–Trinajstić information content (AvgIpc) is 2.58. The van der Waals surface area contributed by atoms with Crippen molar-refractivity contribution in [1.29, 1.82) is 0 Å². The summed E-state index contributed by atoms with van der Waals surface area (Å²) in [6, 6.07) is 4.70. The van der Waals surface area contributed by atoms with E-state index >= 15 is 0 Å². The fraction of sp³-hybridized carbons (Fsp3) is 0.737. The Morgan fingerprint density at radius 3 is 2.40 bits per heavy atom. The normalized spacial score (nSPS) is 19.4. The van der Waals surface area contributed by atoms with E-state index in [1.165, 1.54) is 81.2 Å². The van der Waals surface area contributed by atoms with Crippen LogP contribution in [0.3, 0.4) is 0 Å². The van der Waals surface area contributed by atoms with Crippen molar-refractivity contribution in [1.82, 2.24) is 4.98 Å². The fourth-order valence-corrected chi connectivity index (χ4v) is 3.49. The van der Waals surface area contributed by atoms with Crippen LogP contribution in [0, 0.1) is 0 Å². The van der Waals surface area contributed by atoms with Crippen LogP contribution in [0.2, 0.25) is 0 Å². The highest BCUT2D eigenvalue weighted by molar-refractivity contribution is 5.27. The molecule has 112 valence electrons. The molecule has 0 aliphatic heterocycles. The maximum atomic E-state index is 5.12. The molecule has 1 unspecified atom stereocenters. The molecule has 1 heterocycles. The Morgan fingerprint density at radius 2 is 1.70 bits per heavy atom. The Morgan fingerprint density at radius 1 is 1.00 bits per heavy atom. The Labute approximate surface area is 125 Å². The lowest BCUT2D eigenvalue weighted by Gasteiger charge is -2.28. The summed E-state index contributed by atoms with van der Waals surface area (Å²) in [6.07, 6.45) is 12.9. The van der Waals surface area contributed by atoms with Crippen molar-refractivity contribution in [3.05, 3.63) is 29.1 Å². The van der Waals surface area contributed by atoms with Gasteiger partial charge in [0.25, 0.3) is 0 Å². The summed E-state index contributed by atoms with van der Waals surface area (Å²) in [4.78, 5) is 5.12. The maximum absolute atomic E-state index is 5.12. The van der Waals surface area contributed by atoms with Crippen molar-refractivity contribution in [2.45, 2.75) is 90.4 Å². The van der Waals surface area contributed by atoms with Crippen molar-refractivity contribution in [2.24, 2.45) is 0 Å². The molecule has 1 aliphatic carbocycles. The van der Waals surface area contributed by atoms with Gasteiger partial charge >= 0.3 is 0 Å². The molecule has 1 aromatic rings. The summed E-state index contributed by atoms with van der Waals surface area (Å²) in [5.74, 6) is 0. The number of nitrogens with zero attached hydrogens (tertiary/aromatic N) is 1. The van der Waals surface area contributed by atoms with Gasteiger partial charge < -0.3 is 0 Å². The number of rotatable bonds is 4. The number of aryl methyl sites for hydroxylation is 2. The average molecular weight is 273 g/mol. The molecular weight excluding hydrogens is 242 g/mol. The Bertz CT molecular complexity index is 424. The number of fused-ring (bicyclic) bond motifs is 1. The summed E-state index contributed by atoms with van der Waals surface area (Å²) in [7, 11) is 0. The predicted molar refractivity (Wildman–Crippen MR) is 87.3 cm³/mol. The van der Waals surface area contributed by atoms with Crippen LogP contribution in [0.4, 0.5) is 0 Å². The predicted octanol–water partition coefficient (Wildman–Crippen LogP) is 5.60. The van der Waals surface area contributed by atoms with Crippen LogP contribution in [-0.2, 0) is 18.3 Å². The van der Waals surface area contributed by atoms with Crippen LogP contribution in [0.5, 0.6) is 0 Å². The molecule has 0 saturated carbocycles. The quantitative estimate of drug-likeness (QED) is 0.696. The molecule has 1 heteroatoms. The molecule has 20 heavy (non-hydrogen) atoms. The Balaban J connectivity index is 2.28. The van der Waals surface area contributed by atoms with Gasteiger partial charge in [-0.05, 0) is 50.2 Å². The highest BCUT2D eigenvalue weighted by Crippen LogP contribution is 2.32. The van der Waals surface area contributed by atoms with Crippen molar-refractivity contribution < 1.29 is 0 Å². The first-order valence-electron chi connectivity index (χ1n) is 8.69. The molecule has 1 aromatic heterocycles. The lowest BCUT2D eigenvalue weighted by Crippen LogP contribution is -2.23. The summed E-state index contributed by atoms with van der Waals surface area (Å²) in [5, 5.41) is 0. The number of hydrogen-bond acceptors (Lipinski definition) is 1. The summed E-state index contributed by atoms with van der Waals surface area (Å²) >= 11 is 0. The SMILES string of the molecule is CCCC(C)(CC)c1ccc2c(n1)CCCCCCC2. The van der Waals surface area contributed by atoms with Crippen LogP contribution >= 0.6 is 0 Å². The van der Waals surface area contributed by atoms with E-state index in [0.717, 1.165) is 0 Å². The third-order valence-electron chi connectivity index (χ3n) is 5.13. The van der Waals surface area contributed by atoms with Gasteiger partial charge in [-0.3, -0.25) is 4.98 Å². The molecule has 0 spiro atoms. The van der Waals surface area contributed by atoms with Crippen LogP contribution in [0.25, 0.3) is 0 Å². The molecule has 0 saturated heterocycles. The molecule has 1 nitrogen and oxygen atoms in total. The van der Waals surface area contributed by atoms with Crippen LogP contribution in [-0.4, -0.2) is 4.98 Å². The second-order valence-corrected chi connectivity index (χ2v) is 6.73. The van der Waals surface area contributed by atoms with Crippen molar-refractivity contribution in [3.8, 4) is 0 Å². The Kier molecular flexibility index (Phi) is 5.63. The number of hydrogen-bond donors (Lipinski definition) is 0. The first kappa shape index (κ1) is 15.5. The van der Waals surface area contributed by atoms with E-state index in [1.54, 1.807) is 0 Å². The molecule has 0 fully saturated rings. The van der Waals surface area contributed by atoms with Gasteiger partial charge in [-0.2, -0.15) is 0 Å². The summed E-state index contributed by atoms with van der Waals surface area (Å²) < 4.78 is 0. The molecule has 0 amide bonds. The van der Waals surface area contributed by atoms with Crippen molar-refractivity contribution in [2.75, 3.05) is 0 Å². The summed E-state index contributed by atoms with van der Waals surface area (Å²) in [6.45, 7) is 6.98. The first-order chi connectivity index (χ1) is 9.69. The van der Waals surface area contributed by atoms with Gasteiger partial charge in [-0.1, -0.05) is 52.5 Å². The molecule has 1 aliphatic rings. The summed E-state index contributed by atoms with van der Waals surface area (Å²) in [5.41, 5.74) is 4.52. The van der Waals surface area contributed by atoms with E-state index in [0.29, 0.717) is 0 Å².